The summed E-state index contributed by atoms with van der Waals surface area (Å²) in [7, 11) is 0. The molecule has 4 rings (SSSR count). The van der Waals surface area contributed by atoms with E-state index in [1.165, 1.54) is 30.3 Å². The van der Waals surface area contributed by atoms with Crippen molar-refractivity contribution in [3.05, 3.63) is 71.3 Å². The molecule has 0 saturated heterocycles. The van der Waals surface area contributed by atoms with Crippen molar-refractivity contribution in [3.63, 3.8) is 0 Å². The zero-order chi connectivity index (χ0) is 19.9. The fraction of sp³-hybridized carbons (Fsp3) is 0.150. The van der Waals surface area contributed by atoms with Gasteiger partial charge >= 0.3 is 6.29 Å². The molecule has 0 spiro atoms. The van der Waals surface area contributed by atoms with Gasteiger partial charge in [-0.3, -0.25) is 0 Å². The van der Waals surface area contributed by atoms with Gasteiger partial charge in [0.2, 0.25) is 0 Å². The van der Waals surface area contributed by atoms with Gasteiger partial charge in [0.1, 0.15) is 17.5 Å². The second-order valence-corrected chi connectivity index (χ2v) is 6.24. The molecular weight excluding hydrogens is 376 g/mol. The number of rotatable bonds is 4. The number of alkyl halides is 2. The Bertz CT molecular complexity index is 1040. The van der Waals surface area contributed by atoms with Crippen LogP contribution >= 0.6 is 0 Å². The average molecular weight is 390 g/mol. The van der Waals surface area contributed by atoms with Gasteiger partial charge in [-0.25, -0.2) is 13.8 Å². The van der Waals surface area contributed by atoms with Gasteiger partial charge < -0.3 is 14.8 Å². The van der Waals surface area contributed by atoms with Crippen LogP contribution in [0.1, 0.15) is 11.1 Å². The van der Waals surface area contributed by atoms with Gasteiger partial charge in [0.25, 0.3) is 0 Å². The minimum atomic E-state index is -3.70. The Kier molecular flexibility index (Phi) is 4.33. The van der Waals surface area contributed by atoms with Crippen molar-refractivity contribution in [2.45, 2.75) is 19.8 Å². The average Bonchev–Trinajstić information content (AvgIpc) is 2.93. The molecule has 0 atom stereocenters. The quantitative estimate of drug-likeness (QED) is 0.617. The zero-order valence-electron chi connectivity index (χ0n) is 14.6. The van der Waals surface area contributed by atoms with Crippen LogP contribution in [0, 0.1) is 18.6 Å². The third-order valence-electron chi connectivity index (χ3n) is 4.28. The van der Waals surface area contributed by atoms with Crippen molar-refractivity contribution in [2.75, 3.05) is 5.32 Å². The van der Waals surface area contributed by atoms with E-state index in [2.05, 4.69) is 19.8 Å². The molecule has 3 aromatic rings. The second-order valence-electron chi connectivity index (χ2n) is 6.24. The van der Waals surface area contributed by atoms with Crippen molar-refractivity contribution < 1.29 is 27.0 Å². The Balaban J connectivity index is 1.60. The maximum Gasteiger partial charge on any atom is 0.586 e. The van der Waals surface area contributed by atoms with E-state index in [-0.39, 0.29) is 23.6 Å². The molecule has 2 aromatic carbocycles. The van der Waals surface area contributed by atoms with Crippen molar-refractivity contribution >= 4 is 5.82 Å². The SMILES string of the molecule is Cc1cc2c(cc1-c1cccc(NCc3c(F)cccc3F)n1)OC(F)(F)O2. The third-order valence-corrected chi connectivity index (χ3v) is 4.28. The number of pyridine rings is 1. The summed E-state index contributed by atoms with van der Waals surface area (Å²) in [6.45, 7) is 1.63. The van der Waals surface area contributed by atoms with E-state index in [4.69, 9.17) is 0 Å². The van der Waals surface area contributed by atoms with Gasteiger partial charge in [0.05, 0.1) is 5.69 Å². The molecule has 0 saturated carbocycles. The van der Waals surface area contributed by atoms with Crippen LogP contribution in [0.25, 0.3) is 11.3 Å². The molecule has 28 heavy (non-hydrogen) atoms. The molecule has 1 N–H and O–H groups in total. The Morgan fingerprint density at radius 3 is 2.32 bits per heavy atom. The molecule has 2 heterocycles. The third kappa shape index (κ3) is 3.45. The largest absolute Gasteiger partial charge is 0.586 e. The van der Waals surface area contributed by atoms with Crippen LogP contribution in [-0.2, 0) is 6.54 Å². The summed E-state index contributed by atoms with van der Waals surface area (Å²) in [6, 6.07) is 11.5. The molecule has 1 aliphatic rings. The minimum absolute atomic E-state index is 0.0458. The van der Waals surface area contributed by atoms with Crippen molar-refractivity contribution in [1.82, 2.24) is 4.98 Å². The molecular formula is C20H14F4N2O2. The topological polar surface area (TPSA) is 43.4 Å². The Labute approximate surface area is 157 Å². The van der Waals surface area contributed by atoms with Gasteiger partial charge in [-0.15, -0.1) is 8.78 Å². The van der Waals surface area contributed by atoms with Crippen LogP contribution in [-0.4, -0.2) is 11.3 Å². The summed E-state index contributed by atoms with van der Waals surface area (Å²) in [6.07, 6.45) is -3.70. The lowest BCUT2D eigenvalue weighted by molar-refractivity contribution is -0.286. The van der Waals surface area contributed by atoms with Crippen LogP contribution < -0.4 is 14.8 Å². The van der Waals surface area contributed by atoms with E-state index >= 15 is 0 Å². The van der Waals surface area contributed by atoms with Crippen LogP contribution in [0.2, 0.25) is 0 Å². The number of aryl methyl sites for hydroxylation is 1. The Morgan fingerprint density at radius 2 is 1.61 bits per heavy atom. The van der Waals surface area contributed by atoms with E-state index in [9.17, 15) is 17.6 Å². The predicted molar refractivity (Wildman–Crippen MR) is 94.3 cm³/mol. The number of halogens is 4. The van der Waals surface area contributed by atoms with Gasteiger partial charge in [-0.05, 0) is 48.9 Å². The summed E-state index contributed by atoms with van der Waals surface area (Å²) in [5, 5.41) is 2.87. The molecule has 1 aliphatic heterocycles. The molecule has 4 nitrogen and oxygen atoms in total. The summed E-state index contributed by atoms with van der Waals surface area (Å²) in [4.78, 5) is 4.40. The lowest BCUT2D eigenvalue weighted by Gasteiger charge is -2.11. The number of benzene rings is 2. The highest BCUT2D eigenvalue weighted by atomic mass is 19.3. The molecule has 8 heteroatoms. The normalized spacial score (nSPS) is 14.2. The molecule has 0 amide bonds. The maximum absolute atomic E-state index is 13.8. The number of aromatic nitrogens is 1. The van der Waals surface area contributed by atoms with Gasteiger partial charge in [-0.1, -0.05) is 12.1 Å². The van der Waals surface area contributed by atoms with Crippen molar-refractivity contribution in [2.24, 2.45) is 0 Å². The molecule has 0 unspecified atom stereocenters. The Morgan fingerprint density at radius 1 is 0.964 bits per heavy atom. The highest BCUT2D eigenvalue weighted by molar-refractivity contribution is 5.69. The first-order chi connectivity index (χ1) is 13.3. The van der Waals surface area contributed by atoms with Gasteiger partial charge in [-0.2, -0.15) is 0 Å². The molecule has 0 fully saturated rings. The van der Waals surface area contributed by atoms with E-state index in [0.717, 1.165) is 0 Å². The lowest BCUT2D eigenvalue weighted by atomic mass is 10.0. The highest BCUT2D eigenvalue weighted by Crippen LogP contribution is 2.44. The molecule has 0 aliphatic carbocycles. The van der Waals surface area contributed by atoms with Crippen LogP contribution in [0.5, 0.6) is 11.5 Å². The number of fused-ring (bicyclic) bond motifs is 1. The minimum Gasteiger partial charge on any atom is -0.395 e. The van der Waals surface area contributed by atoms with E-state index in [1.807, 2.05) is 0 Å². The molecule has 1 aromatic heterocycles. The fourth-order valence-electron chi connectivity index (χ4n) is 2.94. The van der Waals surface area contributed by atoms with Gasteiger partial charge in [0, 0.05) is 17.7 Å². The van der Waals surface area contributed by atoms with Crippen molar-refractivity contribution in [3.8, 4) is 22.8 Å². The zero-order valence-corrected chi connectivity index (χ0v) is 14.6. The number of anilines is 1. The summed E-state index contributed by atoms with van der Waals surface area (Å²) >= 11 is 0. The monoisotopic (exact) mass is 390 g/mol. The number of nitrogens with zero attached hydrogens (tertiary/aromatic N) is 1. The van der Waals surface area contributed by atoms with Crippen LogP contribution in [0.4, 0.5) is 23.4 Å². The Hall–Kier alpha value is -3.29. The highest BCUT2D eigenvalue weighted by Gasteiger charge is 2.43. The number of ether oxygens (including phenoxy) is 2. The van der Waals surface area contributed by atoms with E-state index in [1.54, 1.807) is 25.1 Å². The van der Waals surface area contributed by atoms with Crippen LogP contribution in [0.3, 0.4) is 0 Å². The molecule has 144 valence electrons. The number of nitrogens with one attached hydrogen (secondary N) is 1. The molecule has 0 radical (unpaired) electrons. The van der Waals surface area contributed by atoms with E-state index < -0.39 is 17.9 Å². The fourth-order valence-corrected chi connectivity index (χ4v) is 2.94. The number of hydrogen-bond acceptors (Lipinski definition) is 4. The standard InChI is InChI=1S/C20H14F4N2O2/c1-11-8-17-18(28-20(23,24)27-17)9-12(11)16-6-3-7-19(26-16)25-10-13-14(21)4-2-5-15(13)22/h2-9H,10H2,1H3,(H,25,26). The van der Waals surface area contributed by atoms with Gasteiger partial charge in [0.15, 0.2) is 11.5 Å². The number of hydrogen-bond donors (Lipinski definition) is 1. The van der Waals surface area contributed by atoms with E-state index in [0.29, 0.717) is 22.6 Å². The lowest BCUT2D eigenvalue weighted by Crippen LogP contribution is -2.25. The van der Waals surface area contributed by atoms with Crippen LogP contribution in [0.15, 0.2) is 48.5 Å². The smallest absolute Gasteiger partial charge is 0.395 e. The first-order valence-electron chi connectivity index (χ1n) is 8.37. The molecule has 0 bridgehead atoms. The summed E-state index contributed by atoms with van der Waals surface area (Å²) in [5.74, 6) is -1.07. The first kappa shape index (κ1) is 18.1. The second kappa shape index (κ2) is 6.70. The summed E-state index contributed by atoms with van der Waals surface area (Å²) < 4.78 is 63.0. The predicted octanol–water partition coefficient (Wildman–Crippen LogP) is 5.27. The maximum atomic E-state index is 13.8. The van der Waals surface area contributed by atoms with Crippen molar-refractivity contribution in [1.29, 1.82) is 0 Å². The summed E-state index contributed by atoms with van der Waals surface area (Å²) in [5.41, 5.74) is 1.61. The first-order valence-corrected chi connectivity index (χ1v) is 8.37.